The molecule has 2 saturated heterocycles. The van der Waals surface area contributed by atoms with Crippen LogP contribution in [0.5, 0.6) is 0 Å². The first-order valence-electron chi connectivity index (χ1n) is 6.14. The fraction of sp³-hybridized carbons (Fsp3) is 0.909. The van der Waals surface area contributed by atoms with Gasteiger partial charge < -0.3 is 15.2 Å². The standard InChI is InChI=1S/C11H19NO5S/c1-8-11(14,3-4-17-8)7-12-10(13)9-2-5-18(15,16)6-9/h8-9,14H,2-7H2,1H3,(H,12,13). The van der Waals surface area contributed by atoms with E-state index in [9.17, 15) is 18.3 Å². The minimum absolute atomic E-state index is 0.0782. The molecule has 2 aliphatic heterocycles. The zero-order valence-electron chi connectivity index (χ0n) is 10.4. The summed E-state index contributed by atoms with van der Waals surface area (Å²) in [6.45, 7) is 2.36. The van der Waals surface area contributed by atoms with Crippen molar-refractivity contribution in [3.05, 3.63) is 0 Å². The van der Waals surface area contributed by atoms with E-state index in [1.54, 1.807) is 6.92 Å². The lowest BCUT2D eigenvalue weighted by atomic mass is 9.96. The maximum Gasteiger partial charge on any atom is 0.224 e. The van der Waals surface area contributed by atoms with Crippen LogP contribution in [0, 0.1) is 5.92 Å². The molecule has 0 radical (unpaired) electrons. The Bertz CT molecular complexity index is 435. The second kappa shape index (κ2) is 4.79. The highest BCUT2D eigenvalue weighted by molar-refractivity contribution is 7.91. The van der Waals surface area contributed by atoms with Gasteiger partial charge in [0.05, 0.1) is 23.5 Å². The van der Waals surface area contributed by atoms with E-state index >= 15 is 0 Å². The van der Waals surface area contributed by atoms with Crippen molar-refractivity contribution in [1.82, 2.24) is 5.32 Å². The van der Waals surface area contributed by atoms with Crippen LogP contribution in [-0.2, 0) is 19.4 Å². The van der Waals surface area contributed by atoms with Crippen LogP contribution < -0.4 is 5.32 Å². The second-order valence-corrected chi connectivity index (χ2v) is 7.41. The average Bonchev–Trinajstić information content (AvgIpc) is 2.81. The molecule has 0 aromatic carbocycles. The van der Waals surface area contributed by atoms with Crippen molar-refractivity contribution in [3.8, 4) is 0 Å². The fourth-order valence-corrected chi connectivity index (χ4v) is 4.13. The SMILES string of the molecule is CC1OCCC1(O)CNC(=O)C1CCS(=O)(=O)C1. The lowest BCUT2D eigenvalue weighted by Gasteiger charge is -2.26. The Morgan fingerprint density at radius 1 is 1.56 bits per heavy atom. The number of nitrogens with one attached hydrogen (secondary N) is 1. The van der Waals surface area contributed by atoms with Crippen LogP contribution in [0.4, 0.5) is 0 Å². The summed E-state index contributed by atoms with van der Waals surface area (Å²) >= 11 is 0. The molecular weight excluding hydrogens is 258 g/mol. The third-order valence-electron chi connectivity index (χ3n) is 3.83. The van der Waals surface area contributed by atoms with Gasteiger partial charge in [0.2, 0.25) is 5.91 Å². The number of amides is 1. The predicted octanol–water partition coefficient (Wildman–Crippen LogP) is -0.923. The van der Waals surface area contributed by atoms with Crippen LogP contribution >= 0.6 is 0 Å². The number of ether oxygens (including phenoxy) is 1. The number of hydrogen-bond donors (Lipinski definition) is 2. The number of hydrogen-bond acceptors (Lipinski definition) is 5. The lowest BCUT2D eigenvalue weighted by Crippen LogP contribution is -2.48. The summed E-state index contributed by atoms with van der Waals surface area (Å²) in [6.07, 6.45) is 0.542. The molecule has 0 bridgehead atoms. The van der Waals surface area contributed by atoms with Gasteiger partial charge in [-0.1, -0.05) is 0 Å². The molecule has 3 atom stereocenters. The first-order chi connectivity index (χ1) is 8.32. The highest BCUT2D eigenvalue weighted by Crippen LogP contribution is 2.25. The van der Waals surface area contributed by atoms with Crippen molar-refractivity contribution < 1.29 is 23.1 Å². The summed E-state index contributed by atoms with van der Waals surface area (Å²) in [7, 11) is -3.05. The molecule has 0 aromatic rings. The zero-order valence-corrected chi connectivity index (χ0v) is 11.2. The van der Waals surface area contributed by atoms with Gasteiger partial charge in [-0.05, 0) is 13.3 Å². The van der Waals surface area contributed by atoms with Gasteiger partial charge in [-0.2, -0.15) is 0 Å². The van der Waals surface area contributed by atoms with Crippen molar-refractivity contribution in [2.45, 2.75) is 31.5 Å². The van der Waals surface area contributed by atoms with Crippen molar-refractivity contribution in [2.24, 2.45) is 5.92 Å². The Morgan fingerprint density at radius 2 is 2.28 bits per heavy atom. The van der Waals surface area contributed by atoms with Crippen molar-refractivity contribution in [2.75, 3.05) is 24.7 Å². The predicted molar refractivity (Wildman–Crippen MR) is 64.8 cm³/mol. The Kier molecular flexibility index (Phi) is 3.66. The second-order valence-electron chi connectivity index (χ2n) is 5.18. The molecular formula is C11H19NO5S. The summed E-state index contributed by atoms with van der Waals surface area (Å²) in [5, 5.41) is 12.8. The third kappa shape index (κ3) is 2.84. The van der Waals surface area contributed by atoms with Crippen molar-refractivity contribution in [1.29, 1.82) is 0 Å². The fourth-order valence-electron chi connectivity index (χ4n) is 2.39. The highest BCUT2D eigenvalue weighted by atomic mass is 32.2. The van der Waals surface area contributed by atoms with Gasteiger partial charge >= 0.3 is 0 Å². The summed E-state index contributed by atoms with van der Waals surface area (Å²) in [5.74, 6) is -0.766. The van der Waals surface area contributed by atoms with Gasteiger partial charge in [0.1, 0.15) is 5.60 Å². The van der Waals surface area contributed by atoms with Gasteiger partial charge in [0.25, 0.3) is 0 Å². The van der Waals surface area contributed by atoms with Gasteiger partial charge in [-0.25, -0.2) is 8.42 Å². The summed E-state index contributed by atoms with van der Waals surface area (Å²) in [6, 6.07) is 0. The van der Waals surface area contributed by atoms with Gasteiger partial charge in [0.15, 0.2) is 9.84 Å². The monoisotopic (exact) mass is 277 g/mol. The first kappa shape index (κ1) is 13.8. The molecule has 1 amide bonds. The minimum atomic E-state index is -3.05. The summed E-state index contributed by atoms with van der Waals surface area (Å²) in [5.41, 5.74) is -1.03. The lowest BCUT2D eigenvalue weighted by molar-refractivity contribution is -0.126. The van der Waals surface area contributed by atoms with E-state index in [-0.39, 0.29) is 30.1 Å². The molecule has 0 saturated carbocycles. The average molecular weight is 277 g/mol. The minimum Gasteiger partial charge on any atom is -0.385 e. The molecule has 7 heteroatoms. The number of carbonyl (C=O) groups is 1. The quantitative estimate of drug-likeness (QED) is 0.696. The van der Waals surface area contributed by atoms with Gasteiger partial charge in [0, 0.05) is 19.6 Å². The topological polar surface area (TPSA) is 92.7 Å². The maximum absolute atomic E-state index is 11.8. The normalized spacial score (nSPS) is 38.8. The molecule has 3 unspecified atom stereocenters. The van der Waals surface area contributed by atoms with Crippen LogP contribution in [-0.4, -0.2) is 55.8 Å². The van der Waals surface area contributed by atoms with Crippen LogP contribution in [0.25, 0.3) is 0 Å². The van der Waals surface area contributed by atoms with Crippen LogP contribution in [0.15, 0.2) is 0 Å². The smallest absolute Gasteiger partial charge is 0.224 e. The Morgan fingerprint density at radius 3 is 2.78 bits per heavy atom. The molecule has 2 heterocycles. The molecule has 2 aliphatic rings. The van der Waals surface area contributed by atoms with E-state index in [0.29, 0.717) is 19.4 Å². The Labute approximate surface area is 107 Å². The van der Waals surface area contributed by atoms with Crippen molar-refractivity contribution >= 4 is 15.7 Å². The molecule has 2 fully saturated rings. The van der Waals surface area contributed by atoms with E-state index < -0.39 is 21.4 Å². The zero-order chi connectivity index (χ0) is 13.4. The van der Waals surface area contributed by atoms with E-state index in [0.717, 1.165) is 0 Å². The highest BCUT2D eigenvalue weighted by Gasteiger charge is 2.41. The Balaban J connectivity index is 1.86. The number of aliphatic hydroxyl groups is 1. The molecule has 6 nitrogen and oxygen atoms in total. The molecule has 18 heavy (non-hydrogen) atoms. The maximum atomic E-state index is 11.8. The van der Waals surface area contributed by atoms with Gasteiger partial charge in [-0.15, -0.1) is 0 Å². The number of rotatable bonds is 3. The molecule has 0 aliphatic carbocycles. The van der Waals surface area contributed by atoms with Crippen molar-refractivity contribution in [3.63, 3.8) is 0 Å². The third-order valence-corrected chi connectivity index (χ3v) is 5.60. The first-order valence-corrected chi connectivity index (χ1v) is 7.97. The van der Waals surface area contributed by atoms with E-state index in [2.05, 4.69) is 5.32 Å². The molecule has 2 rings (SSSR count). The summed E-state index contributed by atoms with van der Waals surface area (Å²) < 4.78 is 27.8. The number of carbonyl (C=O) groups excluding carboxylic acids is 1. The largest absolute Gasteiger partial charge is 0.385 e. The molecule has 0 spiro atoms. The summed E-state index contributed by atoms with van der Waals surface area (Å²) in [4.78, 5) is 11.8. The van der Waals surface area contributed by atoms with E-state index in [4.69, 9.17) is 4.74 Å². The number of sulfone groups is 1. The van der Waals surface area contributed by atoms with Gasteiger partial charge in [-0.3, -0.25) is 4.79 Å². The van der Waals surface area contributed by atoms with E-state index in [1.165, 1.54) is 0 Å². The Hall–Kier alpha value is -0.660. The molecule has 2 N–H and O–H groups in total. The molecule has 0 aromatic heterocycles. The van der Waals surface area contributed by atoms with E-state index in [1.807, 2.05) is 0 Å². The van der Waals surface area contributed by atoms with Crippen LogP contribution in [0.2, 0.25) is 0 Å². The van der Waals surface area contributed by atoms with Crippen LogP contribution in [0.1, 0.15) is 19.8 Å². The van der Waals surface area contributed by atoms with Crippen LogP contribution in [0.3, 0.4) is 0 Å². The molecule has 104 valence electrons.